The van der Waals surface area contributed by atoms with Crippen molar-refractivity contribution in [2.45, 2.75) is 13.3 Å². The fraction of sp³-hybridized carbons (Fsp3) is 0.462. The molecule has 1 aromatic rings. The van der Waals surface area contributed by atoms with E-state index in [1.165, 1.54) is 0 Å². The molecule has 2 heterocycles. The van der Waals surface area contributed by atoms with E-state index >= 15 is 0 Å². The molecular formula is C13H17N3O3. The molecule has 0 saturated carbocycles. The van der Waals surface area contributed by atoms with Crippen LogP contribution in [0.15, 0.2) is 18.3 Å². The molecule has 1 aromatic heterocycles. The number of rotatable bonds is 3. The fourth-order valence-electron chi connectivity index (χ4n) is 2.21. The molecule has 1 saturated heterocycles. The first-order valence-corrected chi connectivity index (χ1v) is 6.34. The van der Waals surface area contributed by atoms with Crippen LogP contribution in [0, 0.1) is 0 Å². The Labute approximate surface area is 111 Å². The van der Waals surface area contributed by atoms with Crippen LogP contribution < -0.4 is 4.90 Å². The molecule has 1 N–H and O–H groups in total. The Bertz CT molecular complexity index is 482. The monoisotopic (exact) mass is 263 g/mol. The minimum atomic E-state index is -0.977. The smallest absolute Gasteiger partial charge is 0.339 e. The highest BCUT2D eigenvalue weighted by Crippen LogP contribution is 2.19. The standard InChI is InChI=1S/C13H17N3O3/c1-2-11(17)15-6-8-16(9-7-15)12-10(13(18)19)4-3-5-14-12/h3-5H,2,6-9H2,1H3,(H,18,19). The molecule has 0 atom stereocenters. The Hall–Kier alpha value is -2.11. The number of carboxylic acid groups (broad SMARTS) is 1. The molecule has 1 fully saturated rings. The van der Waals surface area contributed by atoms with Crippen LogP contribution in [0.4, 0.5) is 5.82 Å². The van der Waals surface area contributed by atoms with E-state index in [4.69, 9.17) is 5.11 Å². The first-order chi connectivity index (χ1) is 9.13. The molecule has 6 heteroatoms. The quantitative estimate of drug-likeness (QED) is 0.874. The average Bonchev–Trinajstić information content (AvgIpc) is 2.46. The molecule has 1 amide bonds. The van der Waals surface area contributed by atoms with Crippen molar-refractivity contribution in [3.8, 4) is 0 Å². The summed E-state index contributed by atoms with van der Waals surface area (Å²) >= 11 is 0. The number of amides is 1. The van der Waals surface area contributed by atoms with Crippen LogP contribution >= 0.6 is 0 Å². The molecule has 1 aliphatic heterocycles. The van der Waals surface area contributed by atoms with Gasteiger partial charge in [0.2, 0.25) is 5.91 Å². The zero-order chi connectivity index (χ0) is 13.8. The second-order valence-electron chi connectivity index (χ2n) is 4.40. The number of carboxylic acids is 1. The molecule has 6 nitrogen and oxygen atoms in total. The van der Waals surface area contributed by atoms with Gasteiger partial charge in [-0.2, -0.15) is 0 Å². The number of aromatic nitrogens is 1. The van der Waals surface area contributed by atoms with Gasteiger partial charge >= 0.3 is 5.97 Å². The van der Waals surface area contributed by atoms with Crippen molar-refractivity contribution in [3.63, 3.8) is 0 Å². The van der Waals surface area contributed by atoms with Gasteiger partial charge in [-0.3, -0.25) is 4.79 Å². The molecule has 0 radical (unpaired) electrons. The summed E-state index contributed by atoms with van der Waals surface area (Å²) in [5, 5.41) is 9.14. The highest BCUT2D eigenvalue weighted by molar-refractivity contribution is 5.93. The van der Waals surface area contributed by atoms with E-state index in [2.05, 4.69) is 4.98 Å². The third-order valence-corrected chi connectivity index (χ3v) is 3.25. The third-order valence-electron chi connectivity index (χ3n) is 3.25. The van der Waals surface area contributed by atoms with E-state index in [9.17, 15) is 9.59 Å². The van der Waals surface area contributed by atoms with E-state index in [1.54, 1.807) is 23.2 Å². The molecule has 19 heavy (non-hydrogen) atoms. The molecule has 0 aliphatic carbocycles. The lowest BCUT2D eigenvalue weighted by molar-refractivity contribution is -0.131. The van der Waals surface area contributed by atoms with Gasteiger partial charge in [0.05, 0.1) is 0 Å². The second-order valence-corrected chi connectivity index (χ2v) is 4.40. The number of aromatic carboxylic acids is 1. The first-order valence-electron chi connectivity index (χ1n) is 6.34. The summed E-state index contributed by atoms with van der Waals surface area (Å²) in [6, 6.07) is 3.16. The van der Waals surface area contributed by atoms with Crippen LogP contribution in [0.25, 0.3) is 0 Å². The summed E-state index contributed by atoms with van der Waals surface area (Å²) in [6.45, 7) is 4.30. The third kappa shape index (κ3) is 2.83. The minimum absolute atomic E-state index is 0.138. The highest BCUT2D eigenvalue weighted by atomic mass is 16.4. The predicted molar refractivity (Wildman–Crippen MR) is 70.3 cm³/mol. The van der Waals surface area contributed by atoms with Gasteiger partial charge in [-0.15, -0.1) is 0 Å². The lowest BCUT2D eigenvalue weighted by Gasteiger charge is -2.35. The van der Waals surface area contributed by atoms with Gasteiger partial charge < -0.3 is 14.9 Å². The minimum Gasteiger partial charge on any atom is -0.478 e. The topological polar surface area (TPSA) is 73.7 Å². The molecule has 0 bridgehead atoms. The number of hydrogen-bond acceptors (Lipinski definition) is 4. The number of carbonyl (C=O) groups is 2. The molecule has 0 unspecified atom stereocenters. The van der Waals surface area contributed by atoms with Gasteiger partial charge in [0.25, 0.3) is 0 Å². The van der Waals surface area contributed by atoms with Crippen LogP contribution in [0.1, 0.15) is 23.7 Å². The van der Waals surface area contributed by atoms with E-state index in [-0.39, 0.29) is 11.5 Å². The number of anilines is 1. The van der Waals surface area contributed by atoms with Crippen LogP contribution in [0.2, 0.25) is 0 Å². The lowest BCUT2D eigenvalue weighted by Crippen LogP contribution is -2.49. The molecule has 0 aromatic carbocycles. The number of hydrogen-bond donors (Lipinski definition) is 1. The maximum absolute atomic E-state index is 11.6. The van der Waals surface area contributed by atoms with E-state index in [0.717, 1.165) is 0 Å². The van der Waals surface area contributed by atoms with Gasteiger partial charge in [-0.1, -0.05) is 6.92 Å². The first kappa shape index (κ1) is 13.3. The summed E-state index contributed by atoms with van der Waals surface area (Å²) in [5.74, 6) is -0.354. The van der Waals surface area contributed by atoms with Gasteiger partial charge in [0.1, 0.15) is 11.4 Å². The molecular weight excluding hydrogens is 246 g/mol. The average molecular weight is 263 g/mol. The van der Waals surface area contributed by atoms with Gasteiger partial charge in [-0.05, 0) is 12.1 Å². The van der Waals surface area contributed by atoms with E-state index in [0.29, 0.717) is 38.4 Å². The lowest BCUT2D eigenvalue weighted by atomic mass is 10.2. The van der Waals surface area contributed by atoms with Crippen LogP contribution in [0.5, 0.6) is 0 Å². The number of pyridine rings is 1. The van der Waals surface area contributed by atoms with E-state index < -0.39 is 5.97 Å². The normalized spacial score (nSPS) is 15.4. The fourth-order valence-corrected chi connectivity index (χ4v) is 2.21. The van der Waals surface area contributed by atoms with Crippen molar-refractivity contribution in [1.29, 1.82) is 0 Å². The second kappa shape index (κ2) is 5.69. The zero-order valence-electron chi connectivity index (χ0n) is 10.9. The predicted octanol–water partition coefficient (Wildman–Crippen LogP) is 0.838. The van der Waals surface area contributed by atoms with Crippen molar-refractivity contribution in [1.82, 2.24) is 9.88 Å². The Morgan fingerprint density at radius 3 is 2.58 bits per heavy atom. The van der Waals surface area contributed by atoms with E-state index in [1.807, 2.05) is 11.8 Å². The summed E-state index contributed by atoms with van der Waals surface area (Å²) < 4.78 is 0. The van der Waals surface area contributed by atoms with Crippen molar-refractivity contribution in [3.05, 3.63) is 23.9 Å². The summed E-state index contributed by atoms with van der Waals surface area (Å²) in [6.07, 6.45) is 2.09. The number of piperazine rings is 1. The molecule has 1 aliphatic rings. The highest BCUT2D eigenvalue weighted by Gasteiger charge is 2.23. The largest absolute Gasteiger partial charge is 0.478 e. The molecule has 0 spiro atoms. The Balaban J connectivity index is 2.10. The van der Waals surface area contributed by atoms with Gasteiger partial charge in [-0.25, -0.2) is 9.78 Å². The SMILES string of the molecule is CCC(=O)N1CCN(c2ncccc2C(=O)O)CC1. The Kier molecular flexibility index (Phi) is 3.99. The number of carbonyl (C=O) groups excluding carboxylic acids is 1. The van der Waals surface area contributed by atoms with Crippen molar-refractivity contribution < 1.29 is 14.7 Å². The van der Waals surface area contributed by atoms with Crippen LogP contribution in [0.3, 0.4) is 0 Å². The van der Waals surface area contributed by atoms with Crippen LogP contribution in [-0.2, 0) is 4.79 Å². The van der Waals surface area contributed by atoms with Crippen molar-refractivity contribution in [2.75, 3.05) is 31.1 Å². The Morgan fingerprint density at radius 2 is 2.00 bits per heavy atom. The van der Waals surface area contributed by atoms with Crippen LogP contribution in [-0.4, -0.2) is 53.0 Å². The van der Waals surface area contributed by atoms with Gasteiger partial charge in [0.15, 0.2) is 0 Å². The summed E-state index contributed by atoms with van der Waals surface area (Å²) in [7, 11) is 0. The van der Waals surface area contributed by atoms with Crippen molar-refractivity contribution in [2.24, 2.45) is 0 Å². The van der Waals surface area contributed by atoms with Crippen molar-refractivity contribution >= 4 is 17.7 Å². The Morgan fingerprint density at radius 1 is 1.32 bits per heavy atom. The maximum atomic E-state index is 11.6. The summed E-state index contributed by atoms with van der Waals surface area (Å²) in [4.78, 5) is 30.6. The van der Waals surface area contributed by atoms with Gasteiger partial charge in [0, 0.05) is 38.8 Å². The molecule has 102 valence electrons. The maximum Gasteiger partial charge on any atom is 0.339 e. The molecule has 2 rings (SSSR count). The number of nitrogens with zero attached hydrogens (tertiary/aromatic N) is 3. The zero-order valence-corrected chi connectivity index (χ0v) is 10.9. The summed E-state index contributed by atoms with van der Waals surface area (Å²) in [5.41, 5.74) is 0.206.